The minimum absolute atomic E-state index is 0.743. The van der Waals surface area contributed by atoms with Gasteiger partial charge in [0.2, 0.25) is 0 Å². The minimum atomic E-state index is -2.05. The minimum Gasteiger partial charge on any atom is -0.394 e. The van der Waals surface area contributed by atoms with Crippen LogP contribution in [0.3, 0.4) is 0 Å². The molecule has 0 bridgehead atoms. The largest absolute Gasteiger partial charge is 0.394 e. The Morgan fingerprint density at radius 1 is 0.417 bits per heavy atom. The maximum absolute atomic E-state index is 6.39. The molecule has 0 unspecified atom stereocenters. The summed E-state index contributed by atoms with van der Waals surface area (Å²) in [4.78, 5) is 0. The van der Waals surface area contributed by atoms with E-state index in [-0.39, 0.29) is 0 Å². The zero-order chi connectivity index (χ0) is 26.4. The molecular weight excluding hydrogens is 458 g/mol. The van der Waals surface area contributed by atoms with Gasteiger partial charge in [0, 0.05) is 13.2 Å². The van der Waals surface area contributed by atoms with Crippen LogP contribution in [-0.2, 0) is 8.85 Å². The summed E-state index contributed by atoms with van der Waals surface area (Å²) < 4.78 is 12.8. The van der Waals surface area contributed by atoms with Gasteiger partial charge in [-0.1, -0.05) is 155 Å². The average molecular weight is 528 g/mol. The predicted octanol–water partition coefficient (Wildman–Crippen LogP) is 10.8. The van der Waals surface area contributed by atoms with Crippen LogP contribution in [0, 0.1) is 0 Å². The summed E-state index contributed by atoms with van der Waals surface area (Å²) in [5.74, 6) is 0. The van der Waals surface area contributed by atoms with Gasteiger partial charge in [-0.05, 0) is 38.4 Å². The van der Waals surface area contributed by atoms with Gasteiger partial charge in [0.25, 0.3) is 0 Å². The van der Waals surface area contributed by atoms with Gasteiger partial charge in [0.15, 0.2) is 0 Å². The molecule has 0 aliphatic carbocycles. The first-order valence-electron chi connectivity index (χ1n) is 16.7. The fourth-order valence-corrected chi connectivity index (χ4v) is 7.44. The van der Waals surface area contributed by atoms with E-state index in [1.54, 1.807) is 0 Å². The predicted molar refractivity (Wildman–Crippen MR) is 164 cm³/mol. The Balaban J connectivity index is 3.64. The van der Waals surface area contributed by atoms with Gasteiger partial charge in [-0.25, -0.2) is 0 Å². The van der Waals surface area contributed by atoms with Crippen molar-refractivity contribution in [1.29, 1.82) is 0 Å². The van der Waals surface area contributed by atoms with E-state index in [9.17, 15) is 0 Å². The molecule has 0 amide bonds. The summed E-state index contributed by atoms with van der Waals surface area (Å²) in [5.41, 5.74) is 5.80. The van der Waals surface area contributed by atoms with E-state index in [1.807, 2.05) is 0 Å². The third-order valence-corrected chi connectivity index (χ3v) is 10.5. The molecule has 0 saturated heterocycles. The van der Waals surface area contributed by atoms with Gasteiger partial charge in [-0.15, -0.1) is 0 Å². The van der Waals surface area contributed by atoms with E-state index in [0.717, 1.165) is 32.2 Å². The number of rotatable bonds is 31. The van der Waals surface area contributed by atoms with E-state index < -0.39 is 8.56 Å². The molecule has 4 heteroatoms. The quantitative estimate of drug-likeness (QED) is 0.0720. The molecule has 0 aromatic carbocycles. The van der Waals surface area contributed by atoms with E-state index in [2.05, 4.69) is 20.4 Å². The molecule has 3 nitrogen and oxygen atoms in total. The lowest BCUT2D eigenvalue weighted by molar-refractivity contribution is 0.166. The second kappa shape index (κ2) is 29.6. The number of unbranched alkanes of at least 4 members (excludes halogenated alkanes) is 22. The lowest BCUT2D eigenvalue weighted by Gasteiger charge is -2.27. The summed E-state index contributed by atoms with van der Waals surface area (Å²) in [5, 5.41) is 0. The number of hydrogen-bond acceptors (Lipinski definition) is 3. The normalized spacial score (nSPS) is 12.0. The molecule has 0 rings (SSSR count). The Kier molecular flexibility index (Phi) is 29.7. The van der Waals surface area contributed by atoms with Crippen molar-refractivity contribution in [2.24, 2.45) is 5.73 Å². The highest BCUT2D eigenvalue weighted by Gasteiger charge is 2.30. The first kappa shape index (κ1) is 36.1. The molecule has 0 fully saturated rings. The third-order valence-electron chi connectivity index (χ3n) is 7.65. The van der Waals surface area contributed by atoms with E-state index in [4.69, 9.17) is 14.6 Å². The molecule has 0 spiro atoms. The smallest absolute Gasteiger partial charge is 0.334 e. The molecule has 0 aliphatic heterocycles. The van der Waals surface area contributed by atoms with E-state index in [0.29, 0.717) is 0 Å². The SMILES string of the molecule is CCCCCCCCCCCCCCO[Si](C)(CCCN)OCCCCCCCCCCCCCC. The van der Waals surface area contributed by atoms with Gasteiger partial charge in [0.1, 0.15) is 0 Å². The Bertz CT molecular complexity index is 378. The topological polar surface area (TPSA) is 44.5 Å². The molecule has 36 heavy (non-hydrogen) atoms. The maximum atomic E-state index is 6.39. The van der Waals surface area contributed by atoms with Crippen LogP contribution in [0.2, 0.25) is 12.6 Å². The lowest BCUT2D eigenvalue weighted by Crippen LogP contribution is -2.39. The molecule has 0 saturated carbocycles. The molecular formula is C32H69NO2Si. The second-order valence-corrected chi connectivity index (χ2v) is 14.8. The first-order chi connectivity index (χ1) is 17.7. The van der Waals surface area contributed by atoms with Crippen molar-refractivity contribution >= 4 is 8.56 Å². The van der Waals surface area contributed by atoms with Crippen LogP contribution in [-0.4, -0.2) is 28.3 Å². The first-order valence-corrected chi connectivity index (χ1v) is 19.2. The van der Waals surface area contributed by atoms with Crippen molar-refractivity contribution in [2.45, 2.75) is 187 Å². The van der Waals surface area contributed by atoms with Crippen LogP contribution < -0.4 is 5.73 Å². The lowest BCUT2D eigenvalue weighted by atomic mass is 10.1. The van der Waals surface area contributed by atoms with Crippen LogP contribution in [0.1, 0.15) is 174 Å². The van der Waals surface area contributed by atoms with Crippen LogP contribution in [0.25, 0.3) is 0 Å². The van der Waals surface area contributed by atoms with E-state index >= 15 is 0 Å². The molecule has 218 valence electrons. The molecule has 0 aromatic heterocycles. The Labute approximate surface area is 229 Å². The van der Waals surface area contributed by atoms with Gasteiger partial charge in [-0.2, -0.15) is 0 Å². The fraction of sp³-hybridized carbons (Fsp3) is 1.00. The van der Waals surface area contributed by atoms with Crippen LogP contribution in [0.4, 0.5) is 0 Å². The van der Waals surface area contributed by atoms with Crippen molar-refractivity contribution in [3.63, 3.8) is 0 Å². The molecule has 0 radical (unpaired) electrons. The summed E-state index contributed by atoms with van der Waals surface area (Å²) in [6.45, 7) is 9.35. The molecule has 0 heterocycles. The van der Waals surface area contributed by atoms with Gasteiger partial charge in [0.05, 0.1) is 0 Å². The Hall–Kier alpha value is 0.0969. The summed E-state index contributed by atoms with van der Waals surface area (Å²) in [7, 11) is -2.05. The van der Waals surface area contributed by atoms with Gasteiger partial charge >= 0.3 is 8.56 Å². The summed E-state index contributed by atoms with van der Waals surface area (Å²) in [6, 6.07) is 1.04. The Morgan fingerprint density at radius 3 is 0.972 bits per heavy atom. The highest BCUT2D eigenvalue weighted by atomic mass is 28.4. The molecule has 0 aliphatic rings. The highest BCUT2D eigenvalue weighted by molar-refractivity contribution is 6.66. The average Bonchev–Trinajstić information content (AvgIpc) is 2.88. The van der Waals surface area contributed by atoms with Crippen LogP contribution >= 0.6 is 0 Å². The molecule has 0 atom stereocenters. The molecule has 2 N–H and O–H groups in total. The monoisotopic (exact) mass is 528 g/mol. The third kappa shape index (κ3) is 27.1. The zero-order valence-corrected chi connectivity index (χ0v) is 26.4. The maximum Gasteiger partial charge on any atom is 0.334 e. The van der Waals surface area contributed by atoms with Crippen molar-refractivity contribution in [1.82, 2.24) is 0 Å². The van der Waals surface area contributed by atoms with Gasteiger partial charge in [-0.3, -0.25) is 0 Å². The van der Waals surface area contributed by atoms with Crippen molar-refractivity contribution in [3.05, 3.63) is 0 Å². The number of hydrogen-bond donors (Lipinski definition) is 1. The second-order valence-electron chi connectivity index (χ2n) is 11.5. The summed E-state index contributed by atoms with van der Waals surface area (Å²) >= 11 is 0. The van der Waals surface area contributed by atoms with Crippen LogP contribution in [0.15, 0.2) is 0 Å². The van der Waals surface area contributed by atoms with Crippen molar-refractivity contribution in [2.75, 3.05) is 19.8 Å². The van der Waals surface area contributed by atoms with Crippen molar-refractivity contribution in [3.8, 4) is 0 Å². The Morgan fingerprint density at radius 2 is 0.694 bits per heavy atom. The molecule has 0 aromatic rings. The van der Waals surface area contributed by atoms with E-state index in [1.165, 1.54) is 154 Å². The zero-order valence-electron chi connectivity index (χ0n) is 25.4. The highest BCUT2D eigenvalue weighted by Crippen LogP contribution is 2.19. The van der Waals surface area contributed by atoms with Gasteiger partial charge < -0.3 is 14.6 Å². The summed E-state index contributed by atoms with van der Waals surface area (Å²) in [6.07, 6.45) is 34.3. The van der Waals surface area contributed by atoms with Crippen molar-refractivity contribution < 1.29 is 8.85 Å². The number of nitrogens with two attached hydrogens (primary N) is 1. The standard InChI is InChI=1S/C32H69NO2Si/c1-4-6-8-10-12-14-16-18-20-22-24-26-30-34-36(3,32-28-29-33)35-31-27-25-23-21-19-17-15-13-11-9-7-5-2/h4-33H2,1-3H3. The van der Waals surface area contributed by atoms with Crippen LogP contribution in [0.5, 0.6) is 0 Å². The fourth-order valence-electron chi connectivity index (χ4n) is 5.07.